The van der Waals surface area contributed by atoms with E-state index >= 15 is 0 Å². The van der Waals surface area contributed by atoms with Crippen LogP contribution in [0.1, 0.15) is 42.3 Å². The summed E-state index contributed by atoms with van der Waals surface area (Å²) in [5.74, 6) is 1.53. The number of guanidine groups is 1. The lowest BCUT2D eigenvalue weighted by Gasteiger charge is -2.11. The number of hydrogen-bond acceptors (Lipinski definition) is 3. The molecule has 0 amide bonds. The van der Waals surface area contributed by atoms with Crippen LogP contribution >= 0.6 is 15.9 Å². The number of benzene rings is 1. The summed E-state index contributed by atoms with van der Waals surface area (Å²) in [7, 11) is 0. The predicted octanol–water partition coefficient (Wildman–Crippen LogP) is 4.31. The summed E-state index contributed by atoms with van der Waals surface area (Å²) in [6.07, 6.45) is 3.37. The minimum atomic E-state index is -0.169. The van der Waals surface area contributed by atoms with Crippen LogP contribution in [0.2, 0.25) is 0 Å². The van der Waals surface area contributed by atoms with Gasteiger partial charge in [-0.2, -0.15) is 0 Å². The van der Waals surface area contributed by atoms with Gasteiger partial charge in [-0.1, -0.05) is 27.2 Å². The number of halogens is 2. The van der Waals surface area contributed by atoms with Crippen LogP contribution in [-0.4, -0.2) is 30.8 Å². The van der Waals surface area contributed by atoms with Crippen molar-refractivity contribution in [1.82, 2.24) is 15.8 Å². The molecule has 0 bridgehead atoms. The Labute approximate surface area is 168 Å². The number of aromatic nitrogens is 1. The summed E-state index contributed by atoms with van der Waals surface area (Å²) < 4.78 is 19.8. The van der Waals surface area contributed by atoms with Crippen molar-refractivity contribution >= 4 is 21.9 Å². The van der Waals surface area contributed by atoms with E-state index in [2.05, 4.69) is 36.7 Å². The second-order valence-electron chi connectivity index (χ2n) is 6.43. The maximum absolute atomic E-state index is 13.8. The fraction of sp³-hybridized carbons (Fsp3) is 0.500. The standard InChI is InChI=1S/C20H28BrFN4O/c1-4-23-20(25-12-6-8-18-14(2)26-27-15(18)3)24-11-5-7-16-9-10-17(21)13-19(16)22/h9-10,13H,4-8,11-12H2,1-3H3,(H2,23,24,25). The minimum absolute atomic E-state index is 0.169. The fourth-order valence-corrected chi connectivity index (χ4v) is 3.19. The van der Waals surface area contributed by atoms with Crippen LogP contribution in [0.3, 0.4) is 0 Å². The van der Waals surface area contributed by atoms with Crippen molar-refractivity contribution in [3.8, 4) is 0 Å². The quantitative estimate of drug-likeness (QED) is 0.347. The fourth-order valence-electron chi connectivity index (χ4n) is 2.86. The van der Waals surface area contributed by atoms with Crippen molar-refractivity contribution < 1.29 is 8.91 Å². The average Bonchev–Trinajstić information content (AvgIpc) is 2.95. The van der Waals surface area contributed by atoms with E-state index in [1.54, 1.807) is 0 Å². The predicted molar refractivity (Wildman–Crippen MR) is 111 cm³/mol. The van der Waals surface area contributed by atoms with Gasteiger partial charge in [-0.05, 0) is 64.2 Å². The highest BCUT2D eigenvalue weighted by atomic mass is 79.9. The molecule has 0 aliphatic carbocycles. The zero-order valence-electron chi connectivity index (χ0n) is 16.2. The Balaban J connectivity index is 1.74. The lowest BCUT2D eigenvalue weighted by Crippen LogP contribution is -2.38. The topological polar surface area (TPSA) is 62.5 Å². The highest BCUT2D eigenvalue weighted by molar-refractivity contribution is 9.10. The number of aliphatic imine (C=N–C) groups is 1. The zero-order valence-corrected chi connectivity index (χ0v) is 17.8. The van der Waals surface area contributed by atoms with Crippen LogP contribution in [0.4, 0.5) is 4.39 Å². The van der Waals surface area contributed by atoms with Gasteiger partial charge in [0, 0.05) is 29.7 Å². The molecule has 0 unspecified atom stereocenters. The van der Waals surface area contributed by atoms with E-state index in [0.717, 1.165) is 59.8 Å². The van der Waals surface area contributed by atoms with Gasteiger partial charge in [0.15, 0.2) is 5.96 Å². The Morgan fingerprint density at radius 1 is 1.22 bits per heavy atom. The molecule has 0 atom stereocenters. The molecule has 2 aromatic rings. The summed E-state index contributed by atoms with van der Waals surface area (Å²) in [6, 6.07) is 5.19. The summed E-state index contributed by atoms with van der Waals surface area (Å²) in [5, 5.41) is 10.6. The highest BCUT2D eigenvalue weighted by Crippen LogP contribution is 2.16. The van der Waals surface area contributed by atoms with Gasteiger partial charge >= 0.3 is 0 Å². The number of aryl methyl sites for hydroxylation is 3. The Morgan fingerprint density at radius 3 is 2.70 bits per heavy atom. The summed E-state index contributed by atoms with van der Waals surface area (Å²) >= 11 is 3.28. The SMILES string of the molecule is CCNC(=NCCCc1ccc(Br)cc1F)NCCCc1c(C)noc1C. The summed E-state index contributed by atoms with van der Waals surface area (Å²) in [6.45, 7) is 8.23. The van der Waals surface area contributed by atoms with Crippen LogP contribution in [0.15, 0.2) is 32.2 Å². The summed E-state index contributed by atoms with van der Waals surface area (Å²) in [5.41, 5.74) is 2.88. The van der Waals surface area contributed by atoms with Crippen LogP contribution in [0, 0.1) is 19.7 Å². The first-order valence-corrected chi connectivity index (χ1v) is 10.2. The first kappa shape index (κ1) is 21.4. The normalized spacial score (nSPS) is 11.7. The maximum Gasteiger partial charge on any atom is 0.191 e. The van der Waals surface area contributed by atoms with E-state index < -0.39 is 0 Å². The molecule has 0 spiro atoms. The molecular weight excluding hydrogens is 411 g/mol. The van der Waals surface area contributed by atoms with Crippen molar-refractivity contribution in [3.63, 3.8) is 0 Å². The Bertz CT molecular complexity index is 741. The van der Waals surface area contributed by atoms with E-state index in [0.29, 0.717) is 13.0 Å². The zero-order chi connectivity index (χ0) is 19.6. The van der Waals surface area contributed by atoms with Gasteiger partial charge in [-0.3, -0.25) is 4.99 Å². The molecule has 0 saturated heterocycles. The molecule has 5 nitrogen and oxygen atoms in total. The summed E-state index contributed by atoms with van der Waals surface area (Å²) in [4.78, 5) is 4.58. The number of nitrogens with zero attached hydrogens (tertiary/aromatic N) is 2. The van der Waals surface area contributed by atoms with E-state index in [9.17, 15) is 4.39 Å². The van der Waals surface area contributed by atoms with Crippen molar-refractivity contribution in [2.75, 3.05) is 19.6 Å². The molecule has 148 valence electrons. The Hall–Kier alpha value is -1.89. The average molecular weight is 439 g/mol. The molecule has 0 saturated carbocycles. The van der Waals surface area contributed by atoms with Crippen molar-refractivity contribution in [2.24, 2.45) is 4.99 Å². The lowest BCUT2D eigenvalue weighted by molar-refractivity contribution is 0.392. The third kappa shape index (κ3) is 6.97. The largest absolute Gasteiger partial charge is 0.361 e. The molecule has 0 fully saturated rings. The molecule has 0 aliphatic heterocycles. The molecule has 2 rings (SSSR count). The van der Waals surface area contributed by atoms with Gasteiger partial charge in [0.05, 0.1) is 5.69 Å². The van der Waals surface area contributed by atoms with Crippen LogP contribution in [0.5, 0.6) is 0 Å². The number of hydrogen-bond donors (Lipinski definition) is 2. The van der Waals surface area contributed by atoms with Gasteiger partial charge in [0.1, 0.15) is 11.6 Å². The van der Waals surface area contributed by atoms with E-state index in [1.807, 2.05) is 32.9 Å². The van der Waals surface area contributed by atoms with Gasteiger partial charge in [-0.15, -0.1) is 0 Å². The molecule has 2 N–H and O–H groups in total. The molecular formula is C20H28BrFN4O. The van der Waals surface area contributed by atoms with Crippen molar-refractivity contribution in [1.29, 1.82) is 0 Å². The van der Waals surface area contributed by atoms with E-state index in [1.165, 1.54) is 11.6 Å². The molecule has 0 radical (unpaired) electrons. The van der Waals surface area contributed by atoms with Gasteiger partial charge in [0.2, 0.25) is 0 Å². The van der Waals surface area contributed by atoms with Crippen molar-refractivity contribution in [2.45, 2.75) is 46.5 Å². The van der Waals surface area contributed by atoms with Crippen LogP contribution in [0.25, 0.3) is 0 Å². The highest BCUT2D eigenvalue weighted by Gasteiger charge is 2.08. The van der Waals surface area contributed by atoms with Crippen molar-refractivity contribution in [3.05, 3.63) is 51.1 Å². The first-order valence-electron chi connectivity index (χ1n) is 9.39. The molecule has 1 aromatic carbocycles. The third-order valence-corrected chi connectivity index (χ3v) is 4.80. The Kier molecular flexibility index (Phi) is 8.78. The second-order valence-corrected chi connectivity index (χ2v) is 7.35. The molecule has 1 heterocycles. The van der Waals surface area contributed by atoms with Gasteiger partial charge < -0.3 is 15.2 Å². The first-order chi connectivity index (χ1) is 13.0. The molecule has 1 aromatic heterocycles. The van der Waals surface area contributed by atoms with Crippen LogP contribution < -0.4 is 10.6 Å². The van der Waals surface area contributed by atoms with Gasteiger partial charge in [0.25, 0.3) is 0 Å². The smallest absolute Gasteiger partial charge is 0.191 e. The van der Waals surface area contributed by atoms with E-state index in [-0.39, 0.29) is 5.82 Å². The monoisotopic (exact) mass is 438 g/mol. The molecule has 0 aliphatic rings. The molecule has 27 heavy (non-hydrogen) atoms. The maximum atomic E-state index is 13.8. The second kappa shape index (κ2) is 11.1. The van der Waals surface area contributed by atoms with Crippen LogP contribution in [-0.2, 0) is 12.8 Å². The van der Waals surface area contributed by atoms with E-state index in [4.69, 9.17) is 4.52 Å². The third-order valence-electron chi connectivity index (χ3n) is 4.31. The Morgan fingerprint density at radius 2 is 2.04 bits per heavy atom. The number of nitrogens with one attached hydrogen (secondary N) is 2. The number of rotatable bonds is 9. The lowest BCUT2D eigenvalue weighted by atomic mass is 10.1. The molecule has 7 heteroatoms. The van der Waals surface area contributed by atoms with Gasteiger partial charge in [-0.25, -0.2) is 4.39 Å². The minimum Gasteiger partial charge on any atom is -0.361 e.